The van der Waals surface area contributed by atoms with Crippen LogP contribution in [0, 0.1) is 17.9 Å². The van der Waals surface area contributed by atoms with E-state index in [4.69, 9.17) is 9.31 Å². The van der Waals surface area contributed by atoms with Crippen LogP contribution >= 0.6 is 0 Å². The first-order chi connectivity index (χ1) is 25.5. The standard InChI is InChI=1S/C44H25N5/c1-46-43-42(48-37-22-10-4-16-30(37)31-17-5-11-23-38(31)48)26-41(47-35-20-8-2-14-28(35)29-15-3-9-21-36(29)47)34(27-45)44(43)49-39-24-12-6-18-32(39)33-19-7-13-25-40(33)49/h2-26H/i20D,22D,24D. The SMILES string of the molecule is [2H]c1cccc2c3ccccc3n(-c3cc(-n4c5ccccc5c5cccc([2H])c54)c([N+]#[C-])c(-n4c5ccccc5c5cccc([2H])c54)c3C#N)c12. The summed E-state index contributed by atoms with van der Waals surface area (Å²) < 4.78 is 33.3. The van der Waals surface area contributed by atoms with Crippen molar-refractivity contribution in [2.75, 3.05) is 0 Å². The molecular weight excluding hydrogens is 599 g/mol. The molecule has 5 heteroatoms. The zero-order chi connectivity index (χ0) is 35.2. The summed E-state index contributed by atoms with van der Waals surface area (Å²) in [5.41, 5.74) is 6.03. The number of benzene rings is 7. The first kappa shape index (κ1) is 24.1. The molecule has 0 unspecified atom stereocenters. The van der Waals surface area contributed by atoms with Crippen molar-refractivity contribution in [3.8, 4) is 23.1 Å². The van der Waals surface area contributed by atoms with Gasteiger partial charge in [-0.3, -0.25) is 0 Å². The summed E-state index contributed by atoms with van der Waals surface area (Å²) in [5, 5.41) is 16.7. The maximum absolute atomic E-state index is 11.3. The molecule has 0 spiro atoms. The van der Waals surface area contributed by atoms with Crippen LogP contribution in [0.4, 0.5) is 5.69 Å². The number of rotatable bonds is 3. The number of nitriles is 1. The number of para-hydroxylation sites is 6. The smallest absolute Gasteiger partial charge is 0.235 e. The zero-order valence-corrected chi connectivity index (χ0v) is 25.9. The quantitative estimate of drug-likeness (QED) is 0.180. The van der Waals surface area contributed by atoms with Crippen molar-refractivity contribution in [1.82, 2.24) is 13.7 Å². The van der Waals surface area contributed by atoms with E-state index in [1.54, 1.807) is 18.2 Å². The van der Waals surface area contributed by atoms with Crippen molar-refractivity contribution in [2.45, 2.75) is 0 Å². The second-order valence-electron chi connectivity index (χ2n) is 12.1. The highest BCUT2D eigenvalue weighted by atomic mass is 15.1. The highest BCUT2D eigenvalue weighted by molar-refractivity contribution is 6.13. The van der Waals surface area contributed by atoms with Crippen LogP contribution in [0.5, 0.6) is 0 Å². The molecule has 0 bridgehead atoms. The van der Waals surface area contributed by atoms with E-state index in [0.29, 0.717) is 45.7 Å². The lowest BCUT2D eigenvalue weighted by Gasteiger charge is -2.21. The number of nitrogens with zero attached hydrogens (tertiary/aromatic N) is 5. The molecule has 3 heterocycles. The first-order valence-corrected chi connectivity index (χ1v) is 16.0. The van der Waals surface area contributed by atoms with Crippen molar-refractivity contribution >= 4 is 71.1 Å². The Kier molecular flexibility index (Phi) is 5.03. The minimum absolute atomic E-state index is 0.212. The average Bonchev–Trinajstić information content (AvgIpc) is 3.82. The van der Waals surface area contributed by atoms with E-state index in [-0.39, 0.29) is 17.3 Å². The van der Waals surface area contributed by atoms with Gasteiger partial charge in [-0.25, -0.2) is 4.85 Å². The maximum Gasteiger partial charge on any atom is 0.235 e. The Morgan fingerprint density at radius 1 is 0.490 bits per heavy atom. The fourth-order valence-corrected chi connectivity index (χ4v) is 7.69. The topological polar surface area (TPSA) is 42.9 Å². The lowest BCUT2D eigenvalue weighted by molar-refractivity contribution is 1.09. The van der Waals surface area contributed by atoms with Gasteiger partial charge in [0.05, 0.1) is 66.4 Å². The van der Waals surface area contributed by atoms with Crippen molar-refractivity contribution < 1.29 is 4.11 Å². The third-order valence-electron chi connectivity index (χ3n) is 9.64. The highest BCUT2D eigenvalue weighted by Crippen LogP contribution is 2.46. The van der Waals surface area contributed by atoms with E-state index in [1.165, 1.54) is 0 Å². The van der Waals surface area contributed by atoms with Gasteiger partial charge in [-0.1, -0.05) is 109 Å². The van der Waals surface area contributed by atoms with E-state index >= 15 is 0 Å². The molecule has 3 aromatic heterocycles. The molecule has 7 aromatic carbocycles. The lowest BCUT2D eigenvalue weighted by Crippen LogP contribution is -2.08. The summed E-state index contributed by atoms with van der Waals surface area (Å²) in [6.07, 6.45) is 0. The van der Waals surface area contributed by atoms with Crippen LogP contribution in [0.2, 0.25) is 0 Å². The third kappa shape index (κ3) is 3.62. The van der Waals surface area contributed by atoms with Gasteiger partial charge < -0.3 is 13.7 Å². The Morgan fingerprint density at radius 3 is 1.31 bits per heavy atom. The van der Waals surface area contributed by atoms with E-state index in [1.807, 2.05) is 129 Å². The van der Waals surface area contributed by atoms with Crippen LogP contribution in [0.1, 0.15) is 9.68 Å². The van der Waals surface area contributed by atoms with Crippen molar-refractivity contribution in [1.29, 1.82) is 5.26 Å². The van der Waals surface area contributed by atoms with Crippen molar-refractivity contribution in [3.63, 3.8) is 0 Å². The molecule has 0 N–H and O–H groups in total. The summed E-state index contributed by atoms with van der Waals surface area (Å²) in [6.45, 7) is 8.84. The number of hydrogen-bond donors (Lipinski definition) is 0. The summed E-state index contributed by atoms with van der Waals surface area (Å²) in [7, 11) is 0. The largest absolute Gasteiger partial charge is 0.319 e. The predicted molar refractivity (Wildman–Crippen MR) is 200 cm³/mol. The summed E-state index contributed by atoms with van der Waals surface area (Å²) in [5.74, 6) is 0. The molecule has 0 aliphatic rings. The molecule has 0 aliphatic heterocycles. The molecule has 0 aliphatic carbocycles. The number of aromatic nitrogens is 3. The predicted octanol–water partition coefficient (Wildman–Crippen LogP) is 11.4. The molecule has 5 nitrogen and oxygen atoms in total. The van der Waals surface area contributed by atoms with Gasteiger partial charge in [-0.2, -0.15) is 5.26 Å². The summed E-state index contributed by atoms with van der Waals surface area (Å²) in [4.78, 5) is 4.23. The van der Waals surface area contributed by atoms with Crippen molar-refractivity contribution in [2.24, 2.45) is 0 Å². The molecule has 0 saturated carbocycles. The highest BCUT2D eigenvalue weighted by Gasteiger charge is 2.28. The lowest BCUT2D eigenvalue weighted by atomic mass is 10.1. The Bertz CT molecular complexity index is 3100. The van der Waals surface area contributed by atoms with Gasteiger partial charge in [0.2, 0.25) is 5.69 Å². The Hall–Kier alpha value is -7.08. The van der Waals surface area contributed by atoms with Crippen LogP contribution < -0.4 is 0 Å². The Balaban J connectivity index is 1.51. The molecule has 0 atom stereocenters. The minimum atomic E-state index is 0.212. The van der Waals surface area contributed by atoms with Crippen LogP contribution in [-0.2, 0) is 0 Å². The van der Waals surface area contributed by atoms with Gasteiger partial charge in [0.25, 0.3) is 0 Å². The van der Waals surface area contributed by atoms with Gasteiger partial charge in [-0.05, 0) is 42.4 Å². The van der Waals surface area contributed by atoms with E-state index < -0.39 is 0 Å². The molecule has 0 amide bonds. The fourth-order valence-electron chi connectivity index (χ4n) is 7.69. The van der Waals surface area contributed by atoms with Gasteiger partial charge in [0, 0.05) is 32.3 Å². The molecule has 226 valence electrons. The van der Waals surface area contributed by atoms with Crippen LogP contribution in [0.15, 0.2) is 152 Å². The fraction of sp³-hybridized carbons (Fsp3) is 0. The van der Waals surface area contributed by atoms with Gasteiger partial charge in [0.15, 0.2) is 0 Å². The second kappa shape index (κ2) is 10.2. The molecule has 0 fully saturated rings. The summed E-state index contributed by atoms with van der Waals surface area (Å²) in [6, 6.07) is 45.7. The average molecular weight is 627 g/mol. The minimum Gasteiger partial charge on any atom is -0.319 e. The number of hydrogen-bond acceptors (Lipinski definition) is 1. The number of fused-ring (bicyclic) bond motifs is 9. The van der Waals surface area contributed by atoms with Crippen molar-refractivity contribution in [3.05, 3.63) is 169 Å². The van der Waals surface area contributed by atoms with E-state index in [0.717, 1.165) is 48.9 Å². The van der Waals surface area contributed by atoms with Gasteiger partial charge in [0.1, 0.15) is 6.07 Å². The summed E-state index contributed by atoms with van der Waals surface area (Å²) >= 11 is 0. The molecule has 49 heavy (non-hydrogen) atoms. The molecule has 10 rings (SSSR count). The van der Waals surface area contributed by atoms with Crippen LogP contribution in [0.25, 0.3) is 87.3 Å². The third-order valence-corrected chi connectivity index (χ3v) is 9.64. The zero-order valence-electron chi connectivity index (χ0n) is 28.9. The van der Waals surface area contributed by atoms with Gasteiger partial charge >= 0.3 is 0 Å². The maximum atomic E-state index is 11.3. The van der Waals surface area contributed by atoms with E-state index in [9.17, 15) is 6.63 Å². The Morgan fingerprint density at radius 2 is 0.857 bits per heavy atom. The van der Waals surface area contributed by atoms with Crippen LogP contribution in [-0.4, -0.2) is 13.7 Å². The molecule has 0 radical (unpaired) electrons. The molecular formula is C44H25N5. The Labute approximate surface area is 285 Å². The molecule has 10 aromatic rings. The van der Waals surface area contributed by atoms with Gasteiger partial charge in [-0.15, -0.1) is 0 Å². The second-order valence-corrected chi connectivity index (χ2v) is 12.1. The van der Waals surface area contributed by atoms with E-state index in [2.05, 4.69) is 10.9 Å². The molecule has 0 saturated heterocycles. The normalized spacial score (nSPS) is 12.5. The first-order valence-electron chi connectivity index (χ1n) is 17.5. The monoisotopic (exact) mass is 626 g/mol. The van der Waals surface area contributed by atoms with Crippen LogP contribution in [0.3, 0.4) is 0 Å².